The number of nitrogens with one attached hydrogen (secondary N) is 2. The third kappa shape index (κ3) is 3.70. The molecule has 1 aromatic carbocycles. The second-order valence-electron chi connectivity index (χ2n) is 4.96. The van der Waals surface area contributed by atoms with Crippen LogP contribution in [0.5, 0.6) is 0 Å². The van der Waals surface area contributed by atoms with Crippen molar-refractivity contribution in [1.29, 1.82) is 0 Å². The minimum Gasteiger partial charge on any atom is -0.370 e. The lowest BCUT2D eigenvalue weighted by Crippen LogP contribution is -2.20. The summed E-state index contributed by atoms with van der Waals surface area (Å²) in [6, 6.07) is 10.8. The Morgan fingerprint density at radius 2 is 1.80 bits per heavy atom. The van der Waals surface area contributed by atoms with Crippen molar-refractivity contribution >= 4 is 11.6 Å². The highest BCUT2D eigenvalue weighted by Crippen LogP contribution is 2.19. The van der Waals surface area contributed by atoms with Crippen molar-refractivity contribution in [2.24, 2.45) is 0 Å². The van der Waals surface area contributed by atoms with E-state index in [9.17, 15) is 0 Å². The SMILES string of the molecule is CCNc1ncnc(NC(C)Cc2ccccc2)c1C. The van der Waals surface area contributed by atoms with Gasteiger partial charge in [0.25, 0.3) is 0 Å². The lowest BCUT2D eigenvalue weighted by molar-refractivity contribution is 0.782. The second-order valence-corrected chi connectivity index (χ2v) is 4.96. The van der Waals surface area contributed by atoms with Crippen LogP contribution in [0.4, 0.5) is 11.6 Å². The summed E-state index contributed by atoms with van der Waals surface area (Å²) in [7, 11) is 0. The molecular formula is C16H22N4. The number of anilines is 2. The predicted octanol–water partition coefficient (Wildman–Crippen LogP) is 3.26. The van der Waals surface area contributed by atoms with Gasteiger partial charge in [0.2, 0.25) is 0 Å². The van der Waals surface area contributed by atoms with Gasteiger partial charge in [-0.1, -0.05) is 30.3 Å². The molecule has 0 fully saturated rings. The van der Waals surface area contributed by atoms with Gasteiger partial charge < -0.3 is 10.6 Å². The Morgan fingerprint density at radius 3 is 2.50 bits per heavy atom. The molecule has 0 aliphatic rings. The number of nitrogens with zero attached hydrogens (tertiary/aromatic N) is 2. The maximum Gasteiger partial charge on any atom is 0.134 e. The smallest absolute Gasteiger partial charge is 0.134 e. The molecule has 0 radical (unpaired) electrons. The average molecular weight is 270 g/mol. The van der Waals surface area contributed by atoms with Crippen molar-refractivity contribution in [1.82, 2.24) is 9.97 Å². The summed E-state index contributed by atoms with van der Waals surface area (Å²) in [6.45, 7) is 7.13. The minimum atomic E-state index is 0.320. The molecular weight excluding hydrogens is 248 g/mol. The first-order chi connectivity index (χ1) is 9.70. The van der Waals surface area contributed by atoms with Crippen LogP contribution >= 0.6 is 0 Å². The van der Waals surface area contributed by atoms with Gasteiger partial charge in [-0.3, -0.25) is 0 Å². The molecule has 1 aromatic heterocycles. The third-order valence-electron chi connectivity index (χ3n) is 3.20. The molecule has 0 saturated carbocycles. The van der Waals surface area contributed by atoms with E-state index in [-0.39, 0.29) is 0 Å². The molecule has 0 bridgehead atoms. The van der Waals surface area contributed by atoms with E-state index in [0.29, 0.717) is 6.04 Å². The van der Waals surface area contributed by atoms with Crippen molar-refractivity contribution < 1.29 is 0 Å². The molecule has 2 rings (SSSR count). The molecule has 0 amide bonds. The summed E-state index contributed by atoms with van der Waals surface area (Å²) in [5.41, 5.74) is 2.39. The fraction of sp³-hybridized carbons (Fsp3) is 0.375. The Balaban J connectivity index is 2.04. The molecule has 4 nitrogen and oxygen atoms in total. The highest BCUT2D eigenvalue weighted by atomic mass is 15.1. The molecule has 1 unspecified atom stereocenters. The summed E-state index contributed by atoms with van der Waals surface area (Å²) < 4.78 is 0. The van der Waals surface area contributed by atoms with Crippen LogP contribution in [0.3, 0.4) is 0 Å². The van der Waals surface area contributed by atoms with Crippen LogP contribution in [-0.2, 0) is 6.42 Å². The van der Waals surface area contributed by atoms with E-state index in [4.69, 9.17) is 0 Å². The Kier molecular flexibility index (Phi) is 4.93. The van der Waals surface area contributed by atoms with Gasteiger partial charge in [-0.15, -0.1) is 0 Å². The van der Waals surface area contributed by atoms with Gasteiger partial charge in [-0.2, -0.15) is 0 Å². The Morgan fingerprint density at radius 1 is 1.10 bits per heavy atom. The zero-order chi connectivity index (χ0) is 14.4. The summed E-state index contributed by atoms with van der Waals surface area (Å²) in [5, 5.41) is 6.71. The van der Waals surface area contributed by atoms with Gasteiger partial charge in [-0.05, 0) is 32.8 Å². The van der Waals surface area contributed by atoms with Crippen LogP contribution in [0.2, 0.25) is 0 Å². The average Bonchev–Trinajstić information content (AvgIpc) is 2.44. The number of rotatable bonds is 6. The van der Waals surface area contributed by atoms with Gasteiger partial charge in [0, 0.05) is 18.2 Å². The summed E-state index contributed by atoms with van der Waals surface area (Å²) in [5.74, 6) is 1.80. The van der Waals surface area contributed by atoms with E-state index in [2.05, 4.69) is 58.7 Å². The van der Waals surface area contributed by atoms with Crippen molar-refractivity contribution in [3.8, 4) is 0 Å². The molecule has 1 atom stereocenters. The van der Waals surface area contributed by atoms with Crippen LogP contribution in [-0.4, -0.2) is 22.6 Å². The van der Waals surface area contributed by atoms with E-state index in [0.717, 1.165) is 30.2 Å². The highest BCUT2D eigenvalue weighted by molar-refractivity contribution is 5.56. The Bertz CT molecular complexity index is 539. The van der Waals surface area contributed by atoms with E-state index < -0.39 is 0 Å². The maximum atomic E-state index is 4.34. The highest BCUT2D eigenvalue weighted by Gasteiger charge is 2.09. The molecule has 0 saturated heterocycles. The van der Waals surface area contributed by atoms with Gasteiger partial charge in [-0.25, -0.2) is 9.97 Å². The predicted molar refractivity (Wildman–Crippen MR) is 84.2 cm³/mol. The lowest BCUT2D eigenvalue weighted by atomic mass is 10.1. The molecule has 106 valence electrons. The summed E-state index contributed by atoms with van der Waals surface area (Å²) >= 11 is 0. The molecule has 2 aromatic rings. The minimum absolute atomic E-state index is 0.320. The molecule has 0 aliphatic heterocycles. The molecule has 0 spiro atoms. The number of hydrogen-bond donors (Lipinski definition) is 2. The van der Waals surface area contributed by atoms with Gasteiger partial charge in [0.05, 0.1) is 0 Å². The fourth-order valence-corrected chi connectivity index (χ4v) is 2.19. The standard InChI is InChI=1S/C16H22N4/c1-4-17-15-13(3)16(19-11-18-15)20-12(2)10-14-8-6-5-7-9-14/h5-9,11-12H,4,10H2,1-3H3,(H2,17,18,19,20). The molecule has 0 aliphatic carbocycles. The van der Waals surface area contributed by atoms with Crippen molar-refractivity contribution in [3.63, 3.8) is 0 Å². The zero-order valence-electron chi connectivity index (χ0n) is 12.4. The Labute approximate surface area is 120 Å². The number of aromatic nitrogens is 2. The monoisotopic (exact) mass is 270 g/mol. The lowest BCUT2D eigenvalue weighted by Gasteiger charge is -2.17. The quantitative estimate of drug-likeness (QED) is 0.846. The van der Waals surface area contributed by atoms with E-state index in [1.165, 1.54) is 5.56 Å². The normalized spacial score (nSPS) is 11.9. The molecule has 2 N–H and O–H groups in total. The largest absolute Gasteiger partial charge is 0.370 e. The van der Waals surface area contributed by atoms with E-state index >= 15 is 0 Å². The molecule has 1 heterocycles. The number of benzene rings is 1. The van der Waals surface area contributed by atoms with Crippen LogP contribution in [0.25, 0.3) is 0 Å². The van der Waals surface area contributed by atoms with E-state index in [1.54, 1.807) is 6.33 Å². The fourth-order valence-electron chi connectivity index (χ4n) is 2.19. The van der Waals surface area contributed by atoms with Crippen molar-refractivity contribution in [2.45, 2.75) is 33.2 Å². The first-order valence-electron chi connectivity index (χ1n) is 7.06. The first-order valence-corrected chi connectivity index (χ1v) is 7.06. The Hall–Kier alpha value is -2.10. The van der Waals surface area contributed by atoms with Gasteiger partial charge in [0.1, 0.15) is 18.0 Å². The topological polar surface area (TPSA) is 49.8 Å². The van der Waals surface area contributed by atoms with Crippen LogP contribution in [0.15, 0.2) is 36.7 Å². The first kappa shape index (κ1) is 14.3. The molecule has 20 heavy (non-hydrogen) atoms. The zero-order valence-corrected chi connectivity index (χ0v) is 12.4. The second kappa shape index (κ2) is 6.89. The number of hydrogen-bond acceptors (Lipinski definition) is 4. The molecule has 4 heteroatoms. The van der Waals surface area contributed by atoms with Gasteiger partial charge >= 0.3 is 0 Å². The van der Waals surface area contributed by atoms with Crippen LogP contribution in [0, 0.1) is 6.92 Å². The van der Waals surface area contributed by atoms with Crippen LogP contribution in [0.1, 0.15) is 25.0 Å². The van der Waals surface area contributed by atoms with Crippen molar-refractivity contribution in [3.05, 3.63) is 47.8 Å². The van der Waals surface area contributed by atoms with Crippen molar-refractivity contribution in [2.75, 3.05) is 17.2 Å². The summed E-state index contributed by atoms with van der Waals surface area (Å²) in [6.07, 6.45) is 2.57. The maximum absolute atomic E-state index is 4.34. The third-order valence-corrected chi connectivity index (χ3v) is 3.20. The van der Waals surface area contributed by atoms with Crippen LogP contribution < -0.4 is 10.6 Å². The summed E-state index contributed by atoms with van der Waals surface area (Å²) in [4.78, 5) is 8.60. The van der Waals surface area contributed by atoms with E-state index in [1.807, 2.05) is 13.0 Å². The van der Waals surface area contributed by atoms with Gasteiger partial charge in [0.15, 0.2) is 0 Å².